The van der Waals surface area contributed by atoms with Crippen molar-refractivity contribution in [1.29, 1.82) is 0 Å². The molecule has 3 saturated heterocycles. The van der Waals surface area contributed by atoms with E-state index in [1.807, 2.05) is 24.3 Å². The van der Waals surface area contributed by atoms with Gasteiger partial charge < -0.3 is 24.8 Å². The van der Waals surface area contributed by atoms with Gasteiger partial charge in [0.1, 0.15) is 5.54 Å². The number of hydrogen-bond donors (Lipinski definition) is 1. The first-order valence-corrected chi connectivity index (χ1v) is 9.82. The van der Waals surface area contributed by atoms with Crippen LogP contribution in [0.15, 0.2) is 24.3 Å². The van der Waals surface area contributed by atoms with E-state index in [9.17, 15) is 9.59 Å². The van der Waals surface area contributed by atoms with Crippen LogP contribution in [0.2, 0.25) is 0 Å². The lowest BCUT2D eigenvalue weighted by Gasteiger charge is -2.50. The zero-order chi connectivity index (χ0) is 18.9. The predicted octanol–water partition coefficient (Wildman–Crippen LogP) is 1.16. The first-order valence-electron chi connectivity index (χ1n) is 9.82. The van der Waals surface area contributed by atoms with Gasteiger partial charge in [-0.15, -0.1) is 0 Å². The average Bonchev–Trinajstić information content (AvgIpc) is 2.70. The van der Waals surface area contributed by atoms with Crippen LogP contribution >= 0.6 is 0 Å². The summed E-state index contributed by atoms with van der Waals surface area (Å²) in [5.41, 5.74) is 1.22. The molecule has 3 heterocycles. The standard InChI is InChI=1S/C20H28N4O3/c1-22-10-7-20(8-11-22,24-9-6-18(24)25)19(26)21-16-2-4-17(5-3-16)23-12-14-27-15-13-23/h2-5H,6-15H2,1H3,(H,21,26). The number of likely N-dealkylation sites (tertiary alicyclic amines) is 2. The third kappa shape index (κ3) is 3.53. The number of hydrogen-bond acceptors (Lipinski definition) is 5. The number of ether oxygens (including phenoxy) is 1. The molecule has 1 N–H and O–H groups in total. The molecule has 0 aromatic heterocycles. The Labute approximate surface area is 160 Å². The van der Waals surface area contributed by atoms with Gasteiger partial charge >= 0.3 is 0 Å². The van der Waals surface area contributed by atoms with Gasteiger partial charge in [0.15, 0.2) is 0 Å². The van der Waals surface area contributed by atoms with E-state index >= 15 is 0 Å². The van der Waals surface area contributed by atoms with Crippen LogP contribution in [0, 0.1) is 0 Å². The maximum atomic E-state index is 13.2. The van der Waals surface area contributed by atoms with Gasteiger partial charge in [0, 0.05) is 50.5 Å². The fraction of sp³-hybridized carbons (Fsp3) is 0.600. The van der Waals surface area contributed by atoms with E-state index in [-0.39, 0.29) is 11.8 Å². The Bertz CT molecular complexity index is 692. The molecule has 3 fully saturated rings. The zero-order valence-electron chi connectivity index (χ0n) is 15.9. The number of benzene rings is 1. The largest absolute Gasteiger partial charge is 0.378 e. The second-order valence-corrected chi connectivity index (χ2v) is 7.73. The van der Waals surface area contributed by atoms with Crippen LogP contribution in [0.1, 0.15) is 19.3 Å². The maximum absolute atomic E-state index is 13.2. The fourth-order valence-corrected chi connectivity index (χ4v) is 4.20. The molecule has 1 aromatic rings. The number of piperidine rings is 1. The summed E-state index contributed by atoms with van der Waals surface area (Å²) in [7, 11) is 2.06. The van der Waals surface area contributed by atoms with Crippen LogP contribution in [0.4, 0.5) is 11.4 Å². The van der Waals surface area contributed by atoms with E-state index in [0.29, 0.717) is 25.8 Å². The minimum Gasteiger partial charge on any atom is -0.378 e. The summed E-state index contributed by atoms with van der Waals surface area (Å²) in [6.45, 7) is 5.61. The van der Waals surface area contributed by atoms with Gasteiger partial charge in [-0.05, 0) is 44.2 Å². The third-order valence-corrected chi connectivity index (χ3v) is 6.11. The van der Waals surface area contributed by atoms with Gasteiger partial charge in [-0.25, -0.2) is 0 Å². The zero-order valence-corrected chi connectivity index (χ0v) is 15.9. The highest BCUT2D eigenvalue weighted by Gasteiger charge is 2.50. The molecule has 7 nitrogen and oxygen atoms in total. The van der Waals surface area contributed by atoms with E-state index in [4.69, 9.17) is 4.74 Å². The second-order valence-electron chi connectivity index (χ2n) is 7.73. The number of rotatable bonds is 4. The first-order chi connectivity index (χ1) is 13.1. The summed E-state index contributed by atoms with van der Waals surface area (Å²) < 4.78 is 5.40. The van der Waals surface area contributed by atoms with E-state index in [1.165, 1.54) is 0 Å². The van der Waals surface area contributed by atoms with Crippen LogP contribution in [-0.2, 0) is 14.3 Å². The highest BCUT2D eigenvalue weighted by Crippen LogP contribution is 2.34. The minimum atomic E-state index is -0.704. The van der Waals surface area contributed by atoms with E-state index in [1.54, 1.807) is 4.90 Å². The van der Waals surface area contributed by atoms with Crippen molar-refractivity contribution in [3.8, 4) is 0 Å². The number of morpholine rings is 1. The van der Waals surface area contributed by atoms with Crippen LogP contribution in [0.5, 0.6) is 0 Å². The lowest BCUT2D eigenvalue weighted by molar-refractivity contribution is -0.158. The molecule has 0 bridgehead atoms. The molecule has 146 valence electrons. The number of nitrogens with zero attached hydrogens (tertiary/aromatic N) is 3. The molecule has 0 radical (unpaired) electrons. The number of carbonyl (C=O) groups excluding carboxylic acids is 2. The van der Waals surface area contributed by atoms with Gasteiger partial charge in [-0.1, -0.05) is 0 Å². The number of β-lactam (4-membered cyclic amide) rings is 1. The topological polar surface area (TPSA) is 65.1 Å². The Balaban J connectivity index is 1.47. The van der Waals surface area contributed by atoms with Crippen LogP contribution < -0.4 is 10.2 Å². The molecule has 0 atom stereocenters. The Kier molecular flexibility index (Phi) is 5.06. The second kappa shape index (κ2) is 7.48. The van der Waals surface area contributed by atoms with Gasteiger partial charge in [-0.3, -0.25) is 9.59 Å². The van der Waals surface area contributed by atoms with Crippen molar-refractivity contribution in [2.24, 2.45) is 0 Å². The van der Waals surface area contributed by atoms with Crippen LogP contribution in [-0.4, -0.2) is 80.1 Å². The highest BCUT2D eigenvalue weighted by atomic mass is 16.5. The summed E-state index contributed by atoms with van der Waals surface area (Å²) in [5, 5.41) is 3.07. The Morgan fingerprint density at radius 1 is 1.04 bits per heavy atom. The normalized spacial score (nSPS) is 23.1. The van der Waals surface area contributed by atoms with Crippen molar-refractivity contribution in [2.75, 3.05) is 63.2 Å². The Hall–Kier alpha value is -2.12. The van der Waals surface area contributed by atoms with E-state index in [0.717, 1.165) is 50.8 Å². The lowest BCUT2D eigenvalue weighted by atomic mass is 9.82. The van der Waals surface area contributed by atoms with E-state index < -0.39 is 5.54 Å². The summed E-state index contributed by atoms with van der Waals surface area (Å²) in [6, 6.07) is 7.97. The molecule has 1 aromatic carbocycles. The number of anilines is 2. The predicted molar refractivity (Wildman–Crippen MR) is 104 cm³/mol. The SMILES string of the molecule is CN1CCC(C(=O)Nc2ccc(N3CCOCC3)cc2)(N2CCC2=O)CC1. The molecule has 27 heavy (non-hydrogen) atoms. The highest BCUT2D eigenvalue weighted by molar-refractivity contribution is 6.01. The molecule has 0 saturated carbocycles. The molecule has 0 aliphatic carbocycles. The van der Waals surface area contributed by atoms with Crippen molar-refractivity contribution in [2.45, 2.75) is 24.8 Å². The Morgan fingerprint density at radius 3 is 2.26 bits per heavy atom. The molecule has 3 aliphatic rings. The van der Waals surface area contributed by atoms with Crippen molar-refractivity contribution in [1.82, 2.24) is 9.80 Å². The van der Waals surface area contributed by atoms with Gasteiger partial charge in [-0.2, -0.15) is 0 Å². The summed E-state index contributed by atoms with van der Waals surface area (Å²) >= 11 is 0. The molecule has 2 amide bonds. The molecule has 4 rings (SSSR count). The van der Waals surface area contributed by atoms with Crippen LogP contribution in [0.25, 0.3) is 0 Å². The number of carbonyl (C=O) groups is 2. The number of amides is 2. The number of nitrogens with one attached hydrogen (secondary N) is 1. The summed E-state index contributed by atoms with van der Waals surface area (Å²) in [4.78, 5) is 31.6. The quantitative estimate of drug-likeness (QED) is 0.804. The third-order valence-electron chi connectivity index (χ3n) is 6.11. The Morgan fingerprint density at radius 2 is 1.70 bits per heavy atom. The van der Waals surface area contributed by atoms with Gasteiger partial charge in [0.05, 0.1) is 13.2 Å². The summed E-state index contributed by atoms with van der Waals surface area (Å²) in [5.74, 6) is 0.0418. The van der Waals surface area contributed by atoms with Crippen molar-refractivity contribution >= 4 is 23.2 Å². The van der Waals surface area contributed by atoms with Gasteiger partial charge in [0.2, 0.25) is 11.8 Å². The smallest absolute Gasteiger partial charge is 0.250 e. The maximum Gasteiger partial charge on any atom is 0.250 e. The lowest BCUT2D eigenvalue weighted by Crippen LogP contribution is -2.67. The fourth-order valence-electron chi connectivity index (χ4n) is 4.20. The van der Waals surface area contributed by atoms with Crippen molar-refractivity contribution in [3.63, 3.8) is 0 Å². The molecular formula is C20H28N4O3. The molecule has 0 spiro atoms. The van der Waals surface area contributed by atoms with Crippen molar-refractivity contribution < 1.29 is 14.3 Å². The van der Waals surface area contributed by atoms with E-state index in [2.05, 4.69) is 22.2 Å². The van der Waals surface area contributed by atoms with Crippen molar-refractivity contribution in [3.05, 3.63) is 24.3 Å². The molecule has 0 unspecified atom stereocenters. The average molecular weight is 372 g/mol. The molecule has 7 heteroatoms. The molecular weight excluding hydrogens is 344 g/mol. The monoisotopic (exact) mass is 372 g/mol. The first kappa shape index (κ1) is 18.3. The molecule has 3 aliphatic heterocycles. The summed E-state index contributed by atoms with van der Waals surface area (Å²) in [6.07, 6.45) is 1.93. The minimum absolute atomic E-state index is 0.0530. The van der Waals surface area contributed by atoms with Gasteiger partial charge in [0.25, 0.3) is 0 Å². The van der Waals surface area contributed by atoms with Crippen LogP contribution in [0.3, 0.4) is 0 Å².